The Balaban J connectivity index is 1.00. The van der Waals surface area contributed by atoms with Crippen molar-refractivity contribution in [2.45, 2.75) is 89.9 Å². The number of carbonyl (C=O) groups is 4. The summed E-state index contributed by atoms with van der Waals surface area (Å²) in [7, 11) is 0.833. The highest BCUT2D eigenvalue weighted by Crippen LogP contribution is 2.53. The molecule has 1 saturated carbocycles. The summed E-state index contributed by atoms with van der Waals surface area (Å²) in [6.07, 6.45) is 3.13. The molecule has 2 aliphatic heterocycles. The molecule has 14 nitrogen and oxygen atoms in total. The van der Waals surface area contributed by atoms with Crippen molar-refractivity contribution in [3.05, 3.63) is 72.3 Å². The van der Waals surface area contributed by atoms with E-state index in [1.807, 2.05) is 43.7 Å². The second kappa shape index (κ2) is 15.5. The summed E-state index contributed by atoms with van der Waals surface area (Å²) in [6.45, 7) is 12.3. The molecule has 2 aromatic heterocycles. The highest BCUT2D eigenvalue weighted by atomic mass is 28.3. The fraction of sp³-hybridized carbons (Fsp3) is 0.455. The van der Waals surface area contributed by atoms with Gasteiger partial charge in [0.2, 0.25) is 11.8 Å². The first-order valence-corrected chi connectivity index (χ1v) is 24.0. The summed E-state index contributed by atoms with van der Waals surface area (Å²) in [5.41, 5.74) is 5.72. The van der Waals surface area contributed by atoms with Crippen LogP contribution in [0.3, 0.4) is 0 Å². The molecule has 4 heterocycles. The van der Waals surface area contributed by atoms with Gasteiger partial charge in [-0.3, -0.25) is 9.59 Å². The number of H-pyrrole nitrogens is 2. The number of hydrogen-bond donors (Lipinski definition) is 4. The van der Waals surface area contributed by atoms with Gasteiger partial charge in [-0.1, -0.05) is 83.3 Å². The van der Waals surface area contributed by atoms with E-state index in [4.69, 9.17) is 19.4 Å². The molecule has 0 spiro atoms. The lowest BCUT2D eigenvalue weighted by atomic mass is 9.99. The third-order valence-corrected chi connectivity index (χ3v) is 15.1. The monoisotopic (exact) mass is 818 g/mol. The smallest absolute Gasteiger partial charge is 0.407 e. The van der Waals surface area contributed by atoms with Crippen molar-refractivity contribution < 1.29 is 28.7 Å². The van der Waals surface area contributed by atoms with E-state index < -0.39 is 32.3 Å². The lowest BCUT2D eigenvalue weighted by Crippen LogP contribution is -2.52. The second-order valence-electron chi connectivity index (χ2n) is 17.9. The van der Waals surface area contributed by atoms with Crippen molar-refractivity contribution in [1.29, 1.82) is 0 Å². The van der Waals surface area contributed by atoms with Crippen molar-refractivity contribution in [3.63, 3.8) is 0 Å². The Kier molecular flexibility index (Phi) is 10.5. The van der Waals surface area contributed by atoms with Crippen molar-refractivity contribution in [3.8, 4) is 22.5 Å². The quantitative estimate of drug-likeness (QED) is 0.106. The van der Waals surface area contributed by atoms with Crippen LogP contribution in [0.4, 0.5) is 9.59 Å². The number of benzene rings is 3. The number of methoxy groups -OCH3 is 2. The lowest BCUT2D eigenvalue weighted by Gasteiger charge is -2.32. The Morgan fingerprint density at radius 3 is 2.10 bits per heavy atom. The van der Waals surface area contributed by atoms with Gasteiger partial charge in [0, 0.05) is 23.2 Å². The Bertz CT molecular complexity index is 2420. The van der Waals surface area contributed by atoms with Gasteiger partial charge in [0.1, 0.15) is 23.7 Å². The fourth-order valence-electron chi connectivity index (χ4n) is 9.16. The zero-order chi connectivity index (χ0) is 41.9. The second-order valence-corrected chi connectivity index (χ2v) is 23.0. The number of imidazole rings is 2. The van der Waals surface area contributed by atoms with Crippen LogP contribution in [0.15, 0.2) is 60.8 Å². The van der Waals surface area contributed by atoms with Gasteiger partial charge in [0.05, 0.1) is 57.3 Å². The van der Waals surface area contributed by atoms with E-state index in [1.54, 1.807) is 0 Å². The molecule has 310 valence electrons. The average Bonchev–Trinajstić information content (AvgIpc) is 3.63. The summed E-state index contributed by atoms with van der Waals surface area (Å²) in [6, 6.07) is 18.2. The highest BCUT2D eigenvalue weighted by molar-refractivity contribution is 6.78. The van der Waals surface area contributed by atoms with Crippen molar-refractivity contribution in [2.24, 2.45) is 17.8 Å². The fourth-order valence-corrected chi connectivity index (χ4v) is 12.1. The van der Waals surface area contributed by atoms with E-state index >= 15 is 0 Å². The van der Waals surface area contributed by atoms with Gasteiger partial charge in [-0.15, -0.1) is 0 Å². The van der Waals surface area contributed by atoms with Gasteiger partial charge in [0.25, 0.3) is 0 Å². The average molecular weight is 819 g/mol. The van der Waals surface area contributed by atoms with Crippen LogP contribution in [0.5, 0.6) is 0 Å². The van der Waals surface area contributed by atoms with Crippen LogP contribution in [-0.2, 0) is 19.1 Å². The maximum Gasteiger partial charge on any atom is 0.407 e. The Morgan fingerprint density at radius 2 is 1.44 bits per heavy atom. The number of amides is 4. The Labute approximate surface area is 344 Å². The van der Waals surface area contributed by atoms with Crippen LogP contribution < -0.4 is 10.6 Å². The third kappa shape index (κ3) is 7.67. The number of alkyl carbamates (subject to hydrolysis) is 2. The minimum absolute atomic E-state index is 0.0890. The van der Waals surface area contributed by atoms with Crippen LogP contribution in [0.1, 0.15) is 64.1 Å². The highest BCUT2D eigenvalue weighted by Gasteiger charge is 2.56. The van der Waals surface area contributed by atoms with Gasteiger partial charge < -0.3 is 39.9 Å². The predicted octanol–water partition coefficient (Wildman–Crippen LogP) is 7.33. The molecule has 3 aliphatic rings. The summed E-state index contributed by atoms with van der Waals surface area (Å²) in [5.74, 6) is 1.54. The number of likely N-dealkylation sites (tertiary alicyclic amines) is 1. The molecule has 15 heteroatoms. The van der Waals surface area contributed by atoms with E-state index in [0.29, 0.717) is 12.1 Å². The van der Waals surface area contributed by atoms with Gasteiger partial charge in [-0.05, 0) is 65.3 Å². The van der Waals surface area contributed by atoms with Gasteiger partial charge in [0.15, 0.2) is 0 Å². The molecule has 8 rings (SSSR count). The number of rotatable bonds is 10. The Hall–Kier alpha value is -5.70. The zero-order valence-corrected chi connectivity index (χ0v) is 36.0. The molecule has 6 atom stereocenters. The van der Waals surface area contributed by atoms with Crippen molar-refractivity contribution in [1.82, 2.24) is 40.4 Å². The first kappa shape index (κ1) is 40.1. The summed E-state index contributed by atoms with van der Waals surface area (Å²) < 4.78 is 9.64. The van der Waals surface area contributed by atoms with Crippen molar-refractivity contribution in [2.75, 3.05) is 20.4 Å². The van der Waals surface area contributed by atoms with Crippen LogP contribution in [0.2, 0.25) is 19.1 Å². The molecule has 59 heavy (non-hydrogen) atoms. The lowest BCUT2D eigenvalue weighted by molar-refractivity contribution is -0.137. The number of fused-ring (bicyclic) bond motifs is 4. The molecule has 1 aliphatic carbocycles. The third-order valence-electron chi connectivity index (χ3n) is 12.4. The van der Waals surface area contributed by atoms with E-state index in [2.05, 4.69) is 88.3 Å². The minimum atomic E-state index is -1.77. The number of ether oxygens (including phenoxy) is 2. The largest absolute Gasteiger partial charge is 0.453 e. The standard InChI is InChI=1S/C44H54N8O6Si/c1-23(2)36(49-43(55)57-5)41(53)51-22-59(7,8)21-35(51)40-46-31-16-14-28-17-27(13-15-30(28)38(31)48-40)25-9-11-26(12-10-25)39-45-20-32(47-39)34-19-29-18-33(29)52(34)42(54)37(24(3)4)50-44(56)58-6/h9-17,20,23-24,29,33-37H,18-19,21-22H2,1-8H3,(H,45,47)(H,46,48)(H,49,55)(H,50,56)/t29-,33-,34+,35-,36-,37+/m0/s1. The molecule has 0 radical (unpaired) electrons. The summed E-state index contributed by atoms with van der Waals surface area (Å²) >= 11 is 0. The van der Waals surface area contributed by atoms with Crippen LogP contribution in [0.25, 0.3) is 44.3 Å². The number of piperidine rings is 1. The maximum atomic E-state index is 14.0. The minimum Gasteiger partial charge on any atom is -0.453 e. The first-order valence-electron chi connectivity index (χ1n) is 20.6. The van der Waals surface area contributed by atoms with E-state index in [-0.39, 0.29) is 41.8 Å². The van der Waals surface area contributed by atoms with Gasteiger partial charge in [-0.25, -0.2) is 19.6 Å². The SMILES string of the molecule is COC(=O)N[C@H](C(=O)N1C[Si](C)(C)C[C@H]1c1nc2c(ccc3cc(-c4ccc(-c5ncc([C@H]6C[C@@H]7C[C@@H]7N6C(=O)[C@H](NC(=O)OC)C(C)C)[nH]5)cc4)ccc32)[nH]1)C(C)C. The molecule has 4 N–H and O–H groups in total. The maximum absolute atomic E-state index is 14.0. The number of aromatic nitrogens is 4. The molecule has 0 bridgehead atoms. The topological polar surface area (TPSA) is 175 Å². The molecular weight excluding hydrogens is 765 g/mol. The predicted molar refractivity (Wildman–Crippen MR) is 228 cm³/mol. The van der Waals surface area contributed by atoms with Crippen LogP contribution >= 0.6 is 0 Å². The molecule has 2 saturated heterocycles. The molecule has 4 amide bonds. The molecular formula is C44H54N8O6Si. The van der Waals surface area contributed by atoms with Crippen LogP contribution in [0, 0.1) is 17.8 Å². The Morgan fingerprint density at radius 1 is 0.797 bits per heavy atom. The number of carbonyl (C=O) groups excluding carboxylic acids is 4. The molecule has 3 fully saturated rings. The van der Waals surface area contributed by atoms with Crippen LogP contribution in [-0.4, -0.2) is 100 Å². The number of aromatic amines is 2. The van der Waals surface area contributed by atoms with E-state index in [1.165, 1.54) is 14.2 Å². The zero-order valence-electron chi connectivity index (χ0n) is 35.0. The van der Waals surface area contributed by atoms with Gasteiger partial charge >= 0.3 is 12.2 Å². The van der Waals surface area contributed by atoms with E-state index in [0.717, 1.165) is 74.7 Å². The van der Waals surface area contributed by atoms with E-state index in [9.17, 15) is 19.2 Å². The summed E-state index contributed by atoms with van der Waals surface area (Å²) in [4.78, 5) is 72.8. The summed E-state index contributed by atoms with van der Waals surface area (Å²) in [5, 5.41) is 7.58. The number of nitrogens with zero attached hydrogens (tertiary/aromatic N) is 4. The first-order chi connectivity index (χ1) is 28.2. The normalized spacial score (nSPS) is 21.8. The van der Waals surface area contributed by atoms with Gasteiger partial charge in [-0.2, -0.15) is 0 Å². The molecule has 0 unspecified atom stereocenters. The number of nitrogens with one attached hydrogen (secondary N) is 4. The number of hydrogen-bond acceptors (Lipinski definition) is 8. The molecule has 3 aromatic carbocycles. The molecule has 5 aromatic rings. The van der Waals surface area contributed by atoms with Crippen molar-refractivity contribution >= 4 is 53.9 Å².